The Labute approximate surface area is 148 Å². The first-order valence-electron chi connectivity index (χ1n) is 8.60. The Balaban J connectivity index is 1.53. The highest BCUT2D eigenvalue weighted by Gasteiger charge is 2.26. The van der Waals surface area contributed by atoms with Crippen LogP contribution >= 0.6 is 0 Å². The van der Waals surface area contributed by atoms with E-state index in [9.17, 15) is 9.59 Å². The van der Waals surface area contributed by atoms with E-state index in [0.717, 1.165) is 13.1 Å². The van der Waals surface area contributed by atoms with Crippen LogP contribution in [0.2, 0.25) is 0 Å². The number of piperazine rings is 1. The average molecular weight is 337 g/mol. The largest absolute Gasteiger partial charge is 0.368 e. The molecule has 0 bridgehead atoms. The molecule has 5 heteroatoms. The van der Waals surface area contributed by atoms with Crippen LogP contribution in [0.4, 0.5) is 5.69 Å². The van der Waals surface area contributed by atoms with Crippen molar-refractivity contribution < 1.29 is 9.59 Å². The Hall–Kier alpha value is -2.82. The minimum absolute atomic E-state index is 0.0306. The molecule has 1 N–H and O–H groups in total. The van der Waals surface area contributed by atoms with Gasteiger partial charge < -0.3 is 15.1 Å². The maximum atomic E-state index is 12.6. The summed E-state index contributed by atoms with van der Waals surface area (Å²) in [5.74, 6) is -0.249. The third-order valence-corrected chi connectivity index (χ3v) is 4.47. The van der Waals surface area contributed by atoms with Gasteiger partial charge in [-0.2, -0.15) is 0 Å². The van der Waals surface area contributed by atoms with E-state index in [1.54, 1.807) is 19.1 Å². The Morgan fingerprint density at radius 2 is 1.44 bits per heavy atom. The van der Waals surface area contributed by atoms with Gasteiger partial charge in [0.25, 0.3) is 5.91 Å². The van der Waals surface area contributed by atoms with E-state index in [4.69, 9.17) is 0 Å². The summed E-state index contributed by atoms with van der Waals surface area (Å²) in [6.45, 7) is 4.68. The summed E-state index contributed by atoms with van der Waals surface area (Å²) in [5, 5.41) is 2.79. The van der Waals surface area contributed by atoms with Crippen molar-refractivity contribution in [2.45, 2.75) is 13.0 Å². The van der Waals surface area contributed by atoms with Crippen molar-refractivity contribution in [3.8, 4) is 0 Å². The lowest BCUT2D eigenvalue weighted by molar-refractivity contribution is -0.133. The van der Waals surface area contributed by atoms with Gasteiger partial charge in [0.05, 0.1) is 0 Å². The van der Waals surface area contributed by atoms with E-state index in [2.05, 4.69) is 22.3 Å². The fourth-order valence-electron chi connectivity index (χ4n) is 3.03. The molecule has 1 aliphatic rings. The topological polar surface area (TPSA) is 52.7 Å². The minimum atomic E-state index is -0.531. The zero-order chi connectivity index (χ0) is 17.6. The third-order valence-electron chi connectivity index (χ3n) is 4.47. The molecule has 0 spiro atoms. The maximum absolute atomic E-state index is 12.6. The van der Waals surface area contributed by atoms with Crippen LogP contribution in [-0.4, -0.2) is 48.9 Å². The maximum Gasteiger partial charge on any atom is 0.251 e. The molecular weight excluding hydrogens is 314 g/mol. The highest BCUT2D eigenvalue weighted by molar-refractivity contribution is 5.97. The van der Waals surface area contributed by atoms with Crippen molar-refractivity contribution in [2.24, 2.45) is 0 Å². The molecule has 1 fully saturated rings. The molecule has 0 unspecified atom stereocenters. The van der Waals surface area contributed by atoms with Gasteiger partial charge in [-0.25, -0.2) is 0 Å². The lowest BCUT2D eigenvalue weighted by Crippen LogP contribution is -2.54. The quantitative estimate of drug-likeness (QED) is 0.930. The van der Waals surface area contributed by atoms with Crippen LogP contribution in [0.1, 0.15) is 17.3 Å². The summed E-state index contributed by atoms with van der Waals surface area (Å²) < 4.78 is 0. The summed E-state index contributed by atoms with van der Waals surface area (Å²) in [7, 11) is 0. The fourth-order valence-corrected chi connectivity index (χ4v) is 3.03. The second kappa shape index (κ2) is 7.83. The van der Waals surface area contributed by atoms with Gasteiger partial charge in [-0.1, -0.05) is 36.4 Å². The third kappa shape index (κ3) is 4.18. The highest BCUT2D eigenvalue weighted by Crippen LogP contribution is 2.16. The molecule has 1 aliphatic heterocycles. The van der Waals surface area contributed by atoms with Gasteiger partial charge in [0.1, 0.15) is 6.04 Å². The molecule has 0 aliphatic carbocycles. The van der Waals surface area contributed by atoms with E-state index in [-0.39, 0.29) is 11.8 Å². The van der Waals surface area contributed by atoms with Gasteiger partial charge in [0.2, 0.25) is 5.91 Å². The predicted octanol–water partition coefficient (Wildman–Crippen LogP) is 2.15. The fraction of sp³-hybridized carbons (Fsp3) is 0.300. The van der Waals surface area contributed by atoms with Gasteiger partial charge in [-0.05, 0) is 31.2 Å². The zero-order valence-corrected chi connectivity index (χ0v) is 14.4. The monoisotopic (exact) mass is 337 g/mol. The molecule has 0 radical (unpaired) electrons. The molecular formula is C20H23N3O2. The first kappa shape index (κ1) is 17.0. The smallest absolute Gasteiger partial charge is 0.251 e. The standard InChI is InChI=1S/C20H23N3O2/c1-16(21-19(24)17-8-4-2-5-9-17)20(25)23-14-12-22(13-15-23)18-10-6-3-7-11-18/h2-11,16H,12-15H2,1H3,(H,21,24)/t16-/m0/s1. The van der Waals surface area contributed by atoms with Crippen LogP contribution in [0.15, 0.2) is 60.7 Å². The number of para-hydroxylation sites is 1. The average Bonchev–Trinajstić information content (AvgIpc) is 2.69. The minimum Gasteiger partial charge on any atom is -0.368 e. The Kier molecular flexibility index (Phi) is 5.33. The van der Waals surface area contributed by atoms with Crippen molar-refractivity contribution >= 4 is 17.5 Å². The molecule has 3 rings (SSSR count). The number of anilines is 1. The van der Waals surface area contributed by atoms with E-state index >= 15 is 0 Å². The molecule has 1 atom stereocenters. The normalized spacial score (nSPS) is 15.6. The van der Waals surface area contributed by atoms with Crippen molar-refractivity contribution in [3.63, 3.8) is 0 Å². The van der Waals surface area contributed by atoms with Crippen LogP contribution in [0.5, 0.6) is 0 Å². The van der Waals surface area contributed by atoms with E-state index in [1.807, 2.05) is 41.3 Å². The first-order chi connectivity index (χ1) is 12.1. The van der Waals surface area contributed by atoms with Crippen LogP contribution in [0.3, 0.4) is 0 Å². The first-order valence-corrected chi connectivity index (χ1v) is 8.60. The van der Waals surface area contributed by atoms with Gasteiger partial charge >= 0.3 is 0 Å². The molecule has 5 nitrogen and oxygen atoms in total. The van der Waals surface area contributed by atoms with Gasteiger partial charge in [0.15, 0.2) is 0 Å². The summed E-state index contributed by atoms with van der Waals surface area (Å²) in [6, 6.07) is 18.6. The van der Waals surface area contributed by atoms with Crippen molar-refractivity contribution in [3.05, 3.63) is 66.2 Å². The zero-order valence-electron chi connectivity index (χ0n) is 14.4. The SMILES string of the molecule is C[C@H](NC(=O)c1ccccc1)C(=O)N1CCN(c2ccccc2)CC1. The molecule has 2 aromatic carbocycles. The predicted molar refractivity (Wildman–Crippen MR) is 98.6 cm³/mol. The molecule has 2 amide bonds. The van der Waals surface area contributed by atoms with Crippen LogP contribution < -0.4 is 10.2 Å². The Morgan fingerprint density at radius 1 is 0.880 bits per heavy atom. The van der Waals surface area contributed by atoms with Gasteiger partial charge in [0, 0.05) is 37.4 Å². The molecule has 0 aromatic heterocycles. The lowest BCUT2D eigenvalue weighted by atomic mass is 10.2. The van der Waals surface area contributed by atoms with Gasteiger partial charge in [-0.15, -0.1) is 0 Å². The van der Waals surface area contributed by atoms with Gasteiger partial charge in [-0.3, -0.25) is 9.59 Å². The Morgan fingerprint density at radius 3 is 2.04 bits per heavy atom. The van der Waals surface area contributed by atoms with Crippen molar-refractivity contribution in [1.82, 2.24) is 10.2 Å². The number of nitrogens with zero attached hydrogens (tertiary/aromatic N) is 2. The van der Waals surface area contributed by atoms with Crippen LogP contribution in [-0.2, 0) is 4.79 Å². The lowest BCUT2D eigenvalue weighted by Gasteiger charge is -2.37. The molecule has 130 valence electrons. The van der Waals surface area contributed by atoms with Crippen LogP contribution in [0.25, 0.3) is 0 Å². The van der Waals surface area contributed by atoms with E-state index in [0.29, 0.717) is 18.7 Å². The number of amides is 2. The molecule has 0 saturated carbocycles. The van der Waals surface area contributed by atoms with E-state index in [1.165, 1.54) is 5.69 Å². The Bertz CT molecular complexity index is 710. The van der Waals surface area contributed by atoms with E-state index < -0.39 is 6.04 Å². The van der Waals surface area contributed by atoms with Crippen molar-refractivity contribution in [1.29, 1.82) is 0 Å². The second-order valence-electron chi connectivity index (χ2n) is 6.21. The molecule has 1 heterocycles. The number of hydrogen-bond donors (Lipinski definition) is 1. The molecule has 1 saturated heterocycles. The summed E-state index contributed by atoms with van der Waals surface area (Å²) in [5.41, 5.74) is 1.75. The molecule has 2 aromatic rings. The van der Waals surface area contributed by atoms with Crippen LogP contribution in [0, 0.1) is 0 Å². The highest BCUT2D eigenvalue weighted by atomic mass is 16.2. The number of rotatable bonds is 4. The number of nitrogens with one attached hydrogen (secondary N) is 1. The number of benzene rings is 2. The summed E-state index contributed by atoms with van der Waals surface area (Å²) >= 11 is 0. The molecule has 25 heavy (non-hydrogen) atoms. The summed E-state index contributed by atoms with van der Waals surface area (Å²) in [4.78, 5) is 28.9. The second-order valence-corrected chi connectivity index (χ2v) is 6.21. The number of hydrogen-bond acceptors (Lipinski definition) is 3. The number of carbonyl (C=O) groups is 2. The summed E-state index contributed by atoms with van der Waals surface area (Å²) in [6.07, 6.45) is 0. The number of carbonyl (C=O) groups excluding carboxylic acids is 2. The van der Waals surface area contributed by atoms with Crippen molar-refractivity contribution in [2.75, 3.05) is 31.1 Å².